The normalized spacial score (nSPS) is 17.5. The first-order chi connectivity index (χ1) is 12.6. The van der Waals surface area contributed by atoms with E-state index in [0.717, 1.165) is 42.9 Å². The number of methoxy groups -OCH3 is 3. The van der Waals surface area contributed by atoms with E-state index in [1.54, 1.807) is 21.3 Å². The molecular formula is C20H28N2O4. The number of benzene rings is 1. The predicted octanol–water partition coefficient (Wildman–Crippen LogP) is 3.91. The van der Waals surface area contributed by atoms with Crippen LogP contribution in [0.3, 0.4) is 0 Å². The molecule has 1 aromatic carbocycles. The summed E-state index contributed by atoms with van der Waals surface area (Å²) in [5, 5.41) is 4.19. The summed E-state index contributed by atoms with van der Waals surface area (Å²) in [6.07, 6.45) is 3.16. The van der Waals surface area contributed by atoms with Crippen molar-refractivity contribution in [3.63, 3.8) is 0 Å². The number of ether oxygens (including phenoxy) is 3. The van der Waals surface area contributed by atoms with Gasteiger partial charge < -0.3 is 18.7 Å². The molecular weight excluding hydrogens is 332 g/mol. The highest BCUT2D eigenvalue weighted by Crippen LogP contribution is 2.41. The van der Waals surface area contributed by atoms with Crippen molar-refractivity contribution in [1.29, 1.82) is 0 Å². The maximum Gasteiger partial charge on any atom is 0.203 e. The first kappa shape index (κ1) is 18.6. The summed E-state index contributed by atoms with van der Waals surface area (Å²) in [6, 6.07) is 4.39. The molecule has 0 aliphatic carbocycles. The van der Waals surface area contributed by atoms with Gasteiger partial charge in [0.2, 0.25) is 5.75 Å². The highest BCUT2D eigenvalue weighted by atomic mass is 16.5. The second-order valence-electron chi connectivity index (χ2n) is 6.62. The lowest BCUT2D eigenvalue weighted by Crippen LogP contribution is -2.23. The van der Waals surface area contributed by atoms with Gasteiger partial charge in [-0.25, -0.2) is 0 Å². The van der Waals surface area contributed by atoms with Gasteiger partial charge in [0.1, 0.15) is 5.76 Å². The Balaban J connectivity index is 1.89. The summed E-state index contributed by atoms with van der Waals surface area (Å²) in [5.41, 5.74) is 3.40. The van der Waals surface area contributed by atoms with Crippen LogP contribution in [0.4, 0.5) is 0 Å². The van der Waals surface area contributed by atoms with E-state index >= 15 is 0 Å². The third-order valence-corrected chi connectivity index (χ3v) is 5.11. The van der Waals surface area contributed by atoms with Gasteiger partial charge >= 0.3 is 0 Å². The lowest BCUT2D eigenvalue weighted by atomic mass is 10.0. The van der Waals surface area contributed by atoms with Crippen LogP contribution in [0.15, 0.2) is 16.7 Å². The van der Waals surface area contributed by atoms with E-state index in [1.165, 1.54) is 12.0 Å². The van der Waals surface area contributed by atoms with Gasteiger partial charge in [-0.3, -0.25) is 4.90 Å². The lowest BCUT2D eigenvalue weighted by Gasteiger charge is -2.25. The first-order valence-electron chi connectivity index (χ1n) is 9.10. The summed E-state index contributed by atoms with van der Waals surface area (Å²) < 4.78 is 21.9. The van der Waals surface area contributed by atoms with Gasteiger partial charge in [0.05, 0.1) is 27.0 Å². The molecule has 0 spiro atoms. The average Bonchev–Trinajstić information content (AvgIpc) is 3.26. The Morgan fingerprint density at radius 3 is 2.42 bits per heavy atom. The fourth-order valence-electron chi connectivity index (χ4n) is 3.91. The van der Waals surface area contributed by atoms with Crippen molar-refractivity contribution in [2.45, 2.75) is 45.7 Å². The number of aryl methyl sites for hydroxylation is 2. The molecule has 26 heavy (non-hydrogen) atoms. The first-order valence-corrected chi connectivity index (χ1v) is 9.10. The van der Waals surface area contributed by atoms with Crippen LogP contribution >= 0.6 is 0 Å². The number of aromatic nitrogens is 1. The molecule has 2 aromatic rings. The van der Waals surface area contributed by atoms with Crippen molar-refractivity contribution in [1.82, 2.24) is 10.1 Å². The fourth-order valence-corrected chi connectivity index (χ4v) is 3.91. The van der Waals surface area contributed by atoms with Crippen LogP contribution in [0.5, 0.6) is 17.2 Å². The minimum atomic E-state index is 0.343. The Hall–Kier alpha value is -2.21. The molecule has 1 aromatic heterocycles. The molecule has 1 saturated heterocycles. The van der Waals surface area contributed by atoms with Crippen LogP contribution in [0.25, 0.3) is 0 Å². The predicted molar refractivity (Wildman–Crippen MR) is 99.1 cm³/mol. The van der Waals surface area contributed by atoms with Gasteiger partial charge in [0, 0.05) is 24.6 Å². The van der Waals surface area contributed by atoms with Gasteiger partial charge in [-0.15, -0.1) is 0 Å². The van der Waals surface area contributed by atoms with Crippen LogP contribution in [0.2, 0.25) is 0 Å². The lowest BCUT2D eigenvalue weighted by molar-refractivity contribution is 0.243. The summed E-state index contributed by atoms with van der Waals surface area (Å²) >= 11 is 0. The molecule has 1 unspecified atom stereocenters. The minimum Gasteiger partial charge on any atom is -0.493 e. The summed E-state index contributed by atoms with van der Waals surface area (Å²) in [5.74, 6) is 3.00. The molecule has 0 bridgehead atoms. The number of likely N-dealkylation sites (tertiary alicyclic amines) is 1. The zero-order chi connectivity index (χ0) is 18.7. The quantitative estimate of drug-likeness (QED) is 0.746. The third kappa shape index (κ3) is 3.38. The molecule has 142 valence electrons. The molecule has 1 aliphatic heterocycles. The second-order valence-corrected chi connectivity index (χ2v) is 6.62. The van der Waals surface area contributed by atoms with Gasteiger partial charge in [0.15, 0.2) is 11.5 Å². The van der Waals surface area contributed by atoms with Crippen LogP contribution in [-0.2, 0) is 13.0 Å². The highest BCUT2D eigenvalue weighted by molar-refractivity contribution is 5.53. The second kappa shape index (κ2) is 7.99. The standard InChI is InChI=1S/C20H28N2O4/c1-6-16-19(13(2)21-26-16)15-8-7-9-22(15)12-14-10-17(23-3)20(25-5)18(11-14)24-4/h10-11,15H,6-9,12H2,1-5H3. The molecule has 0 radical (unpaired) electrons. The fraction of sp³-hybridized carbons (Fsp3) is 0.550. The number of hydrogen-bond acceptors (Lipinski definition) is 6. The molecule has 3 rings (SSSR count). The van der Waals surface area contributed by atoms with Crippen molar-refractivity contribution in [3.05, 3.63) is 34.7 Å². The molecule has 0 N–H and O–H groups in total. The maximum atomic E-state index is 5.53. The van der Waals surface area contributed by atoms with Crippen LogP contribution in [0.1, 0.15) is 48.4 Å². The Labute approximate surface area is 155 Å². The van der Waals surface area contributed by atoms with Gasteiger partial charge in [-0.1, -0.05) is 12.1 Å². The topological polar surface area (TPSA) is 57.0 Å². The van der Waals surface area contributed by atoms with Gasteiger partial charge in [-0.05, 0) is 44.0 Å². The molecule has 1 atom stereocenters. The molecule has 0 amide bonds. The van der Waals surface area contributed by atoms with Gasteiger partial charge in [-0.2, -0.15) is 0 Å². The summed E-state index contributed by atoms with van der Waals surface area (Å²) in [7, 11) is 4.92. The molecule has 1 fully saturated rings. The van der Waals surface area contributed by atoms with Crippen molar-refractivity contribution in [3.8, 4) is 17.2 Å². The van der Waals surface area contributed by atoms with Crippen LogP contribution in [0, 0.1) is 6.92 Å². The van der Waals surface area contributed by atoms with E-state index in [1.807, 2.05) is 19.1 Å². The Bertz CT molecular complexity index is 731. The van der Waals surface area contributed by atoms with Gasteiger partial charge in [0.25, 0.3) is 0 Å². The van der Waals surface area contributed by atoms with Crippen molar-refractivity contribution in [2.24, 2.45) is 0 Å². The Morgan fingerprint density at radius 1 is 1.15 bits per heavy atom. The Kier molecular flexibility index (Phi) is 5.71. The zero-order valence-corrected chi connectivity index (χ0v) is 16.3. The molecule has 6 heteroatoms. The number of rotatable bonds is 7. The van der Waals surface area contributed by atoms with E-state index in [4.69, 9.17) is 18.7 Å². The number of nitrogens with zero attached hydrogens (tertiary/aromatic N) is 2. The Morgan fingerprint density at radius 2 is 1.85 bits per heavy atom. The summed E-state index contributed by atoms with van der Waals surface area (Å²) in [4.78, 5) is 2.49. The smallest absolute Gasteiger partial charge is 0.203 e. The van der Waals surface area contributed by atoms with Crippen LogP contribution in [-0.4, -0.2) is 37.9 Å². The van der Waals surface area contributed by atoms with E-state index in [9.17, 15) is 0 Å². The summed E-state index contributed by atoms with van der Waals surface area (Å²) in [6.45, 7) is 6.01. The average molecular weight is 360 g/mol. The third-order valence-electron chi connectivity index (χ3n) is 5.11. The van der Waals surface area contributed by atoms with Crippen LogP contribution < -0.4 is 14.2 Å². The molecule has 0 saturated carbocycles. The van der Waals surface area contributed by atoms with Crippen molar-refractivity contribution >= 4 is 0 Å². The monoisotopic (exact) mass is 360 g/mol. The SMILES string of the molecule is CCc1onc(C)c1C1CCCN1Cc1cc(OC)c(OC)c(OC)c1. The van der Waals surface area contributed by atoms with E-state index in [0.29, 0.717) is 23.3 Å². The molecule has 1 aliphatic rings. The van der Waals surface area contributed by atoms with Crippen molar-refractivity contribution in [2.75, 3.05) is 27.9 Å². The minimum absolute atomic E-state index is 0.343. The highest BCUT2D eigenvalue weighted by Gasteiger charge is 2.31. The van der Waals surface area contributed by atoms with E-state index < -0.39 is 0 Å². The van der Waals surface area contributed by atoms with E-state index in [2.05, 4.69) is 17.0 Å². The maximum absolute atomic E-state index is 5.53. The zero-order valence-electron chi connectivity index (χ0n) is 16.3. The van der Waals surface area contributed by atoms with E-state index in [-0.39, 0.29) is 0 Å². The largest absolute Gasteiger partial charge is 0.493 e. The van der Waals surface area contributed by atoms with Crippen molar-refractivity contribution < 1.29 is 18.7 Å². The molecule has 2 heterocycles. The molecule has 6 nitrogen and oxygen atoms in total. The number of hydrogen-bond donors (Lipinski definition) is 0.